The van der Waals surface area contributed by atoms with E-state index < -0.39 is 11.9 Å². The molecule has 0 aliphatic heterocycles. The molecular weight excluding hydrogens is 529 g/mol. The van der Waals surface area contributed by atoms with Crippen molar-refractivity contribution in [3.05, 3.63) is 107 Å². The molecule has 0 atom stereocenters. The number of aryl methyl sites for hydroxylation is 1. The van der Waals surface area contributed by atoms with Crippen molar-refractivity contribution in [3.8, 4) is 11.3 Å². The van der Waals surface area contributed by atoms with Gasteiger partial charge in [0.25, 0.3) is 0 Å². The van der Waals surface area contributed by atoms with E-state index in [1.807, 2.05) is 18.2 Å². The highest BCUT2D eigenvalue weighted by Gasteiger charge is 2.18. The number of methoxy groups -OCH3 is 1. The van der Waals surface area contributed by atoms with Crippen molar-refractivity contribution in [2.75, 3.05) is 14.2 Å². The number of pyridine rings is 1. The first-order chi connectivity index (χ1) is 19.9. The zero-order valence-corrected chi connectivity index (χ0v) is 22.7. The lowest BCUT2D eigenvalue weighted by molar-refractivity contribution is 0.0341. The third kappa shape index (κ3) is 6.71. The minimum absolute atomic E-state index is 0.114. The fraction of sp³-hybridized carbons (Fsp3) is 0.167. The summed E-state index contributed by atoms with van der Waals surface area (Å²) < 4.78 is 25.9. The molecule has 3 heterocycles. The Hall–Kier alpha value is -5.16. The summed E-state index contributed by atoms with van der Waals surface area (Å²) in [6.07, 6.45) is 4.08. The minimum atomic E-state index is -0.664. The zero-order chi connectivity index (χ0) is 29.4. The SMILES string of the molecule is CNCc1ccccc1F.COC(=O)c1ccccc1C(=O)OCn1cc(-c2ccc3cc(C=O)n(C)c3n2)cn1. The van der Waals surface area contributed by atoms with Crippen molar-refractivity contribution in [1.82, 2.24) is 24.6 Å². The minimum Gasteiger partial charge on any atom is -0.465 e. The molecule has 0 bridgehead atoms. The van der Waals surface area contributed by atoms with Crippen LogP contribution in [0.3, 0.4) is 0 Å². The molecule has 11 heteroatoms. The summed E-state index contributed by atoms with van der Waals surface area (Å²) in [4.78, 5) is 40.0. The molecule has 0 fully saturated rings. The number of carbonyl (C=O) groups excluding carboxylic acids is 3. The molecule has 0 aliphatic rings. The second-order valence-electron chi connectivity index (χ2n) is 8.84. The number of hydrogen-bond acceptors (Lipinski definition) is 8. The maximum absolute atomic E-state index is 12.7. The molecule has 0 radical (unpaired) electrons. The van der Waals surface area contributed by atoms with Gasteiger partial charge in [0.15, 0.2) is 13.0 Å². The number of fused-ring (bicyclic) bond motifs is 1. The highest BCUT2D eigenvalue weighted by Crippen LogP contribution is 2.22. The van der Waals surface area contributed by atoms with Crippen LogP contribution in [0, 0.1) is 5.82 Å². The summed E-state index contributed by atoms with van der Waals surface area (Å²) in [5, 5.41) is 7.95. The number of hydrogen-bond donors (Lipinski definition) is 1. The van der Waals surface area contributed by atoms with Gasteiger partial charge in [-0.25, -0.2) is 23.6 Å². The molecule has 5 rings (SSSR count). The maximum Gasteiger partial charge on any atom is 0.340 e. The molecule has 3 aromatic heterocycles. The smallest absolute Gasteiger partial charge is 0.340 e. The van der Waals surface area contributed by atoms with Crippen LogP contribution in [0.1, 0.15) is 36.8 Å². The second-order valence-corrected chi connectivity index (χ2v) is 8.84. The van der Waals surface area contributed by atoms with E-state index in [4.69, 9.17) is 9.47 Å². The fourth-order valence-electron chi connectivity index (χ4n) is 4.04. The molecule has 210 valence electrons. The number of halogens is 1. The van der Waals surface area contributed by atoms with Crippen LogP contribution >= 0.6 is 0 Å². The van der Waals surface area contributed by atoms with Crippen LogP contribution in [0.2, 0.25) is 0 Å². The lowest BCUT2D eigenvalue weighted by atomic mass is 10.1. The summed E-state index contributed by atoms with van der Waals surface area (Å²) in [5.41, 5.74) is 3.56. The van der Waals surface area contributed by atoms with Crippen molar-refractivity contribution in [1.29, 1.82) is 0 Å². The molecule has 41 heavy (non-hydrogen) atoms. The quantitative estimate of drug-likeness (QED) is 0.221. The second kappa shape index (κ2) is 13.3. The molecule has 0 amide bonds. The summed E-state index contributed by atoms with van der Waals surface area (Å²) in [7, 11) is 4.82. The van der Waals surface area contributed by atoms with Crippen LogP contribution < -0.4 is 5.32 Å². The molecular formula is C30H28FN5O5. The third-order valence-electron chi connectivity index (χ3n) is 6.17. The highest BCUT2D eigenvalue weighted by molar-refractivity contribution is 6.03. The van der Waals surface area contributed by atoms with Crippen molar-refractivity contribution < 1.29 is 28.2 Å². The Morgan fingerprint density at radius 1 is 1.02 bits per heavy atom. The first-order valence-corrected chi connectivity index (χ1v) is 12.5. The van der Waals surface area contributed by atoms with E-state index in [0.29, 0.717) is 29.1 Å². The van der Waals surface area contributed by atoms with Gasteiger partial charge in [0.05, 0.1) is 35.8 Å². The third-order valence-corrected chi connectivity index (χ3v) is 6.17. The number of carbonyl (C=O) groups is 3. The molecule has 10 nitrogen and oxygen atoms in total. The molecule has 0 unspecified atom stereocenters. The number of nitrogens with zero attached hydrogens (tertiary/aromatic N) is 4. The largest absolute Gasteiger partial charge is 0.465 e. The number of aromatic nitrogens is 4. The van der Waals surface area contributed by atoms with Gasteiger partial charge in [-0.05, 0) is 43.4 Å². The van der Waals surface area contributed by atoms with E-state index in [1.54, 1.807) is 61.4 Å². The molecule has 0 spiro atoms. The highest BCUT2D eigenvalue weighted by atomic mass is 19.1. The fourth-order valence-corrected chi connectivity index (χ4v) is 4.04. The Balaban J connectivity index is 0.000000328. The van der Waals surface area contributed by atoms with E-state index in [9.17, 15) is 18.8 Å². The van der Waals surface area contributed by atoms with E-state index >= 15 is 0 Å². The van der Waals surface area contributed by atoms with Crippen molar-refractivity contribution in [2.45, 2.75) is 13.3 Å². The van der Waals surface area contributed by atoms with E-state index in [2.05, 4.69) is 15.4 Å². The van der Waals surface area contributed by atoms with E-state index in [-0.39, 0.29) is 23.7 Å². The zero-order valence-electron chi connectivity index (χ0n) is 22.7. The van der Waals surface area contributed by atoms with Crippen LogP contribution in [0.25, 0.3) is 22.3 Å². The van der Waals surface area contributed by atoms with Crippen LogP contribution in [0.5, 0.6) is 0 Å². The molecule has 1 N–H and O–H groups in total. The average molecular weight is 558 g/mol. The van der Waals surface area contributed by atoms with Crippen molar-refractivity contribution in [3.63, 3.8) is 0 Å². The van der Waals surface area contributed by atoms with Crippen LogP contribution in [0.4, 0.5) is 4.39 Å². The Labute approximate surface area is 235 Å². The number of ether oxygens (including phenoxy) is 2. The summed E-state index contributed by atoms with van der Waals surface area (Å²) in [6.45, 7) is 0.447. The molecule has 0 aliphatic carbocycles. The maximum atomic E-state index is 12.7. The standard InChI is InChI=1S/C22H18N4O5.C8H10FN/c1-25-16(12-27)9-14-7-8-19(24-20(14)25)15-10-23-26(11-15)13-31-22(29)18-6-4-3-5-17(18)21(28)30-2;1-10-6-7-4-2-3-5-8(7)9/h3-12H,13H2,1-2H3;2-5,10H,6H2,1H3. The van der Waals surface area contributed by atoms with Gasteiger partial charge in [-0.15, -0.1) is 0 Å². The molecule has 5 aromatic rings. The first kappa shape index (κ1) is 28.8. The summed E-state index contributed by atoms with van der Waals surface area (Å²) in [5.74, 6) is -1.42. The number of rotatable bonds is 8. The topological polar surface area (TPSA) is 117 Å². The van der Waals surface area contributed by atoms with Gasteiger partial charge in [-0.3, -0.25) is 4.79 Å². The first-order valence-electron chi connectivity index (χ1n) is 12.5. The Morgan fingerprint density at radius 2 is 1.73 bits per heavy atom. The lowest BCUT2D eigenvalue weighted by Crippen LogP contribution is -2.14. The Kier molecular flexibility index (Phi) is 9.33. The normalized spacial score (nSPS) is 10.5. The van der Waals surface area contributed by atoms with Crippen LogP contribution in [-0.4, -0.2) is 51.7 Å². The van der Waals surface area contributed by atoms with Gasteiger partial charge in [-0.1, -0.05) is 30.3 Å². The number of aldehydes is 1. The average Bonchev–Trinajstić information content (AvgIpc) is 3.61. The lowest BCUT2D eigenvalue weighted by Gasteiger charge is -2.08. The van der Waals surface area contributed by atoms with E-state index in [0.717, 1.165) is 17.2 Å². The van der Waals surface area contributed by atoms with Gasteiger partial charge in [0, 0.05) is 36.3 Å². The van der Waals surface area contributed by atoms with Crippen LogP contribution in [0.15, 0.2) is 79.1 Å². The van der Waals surface area contributed by atoms with Crippen LogP contribution in [-0.2, 0) is 29.8 Å². The number of nitrogens with one attached hydrogen (secondary N) is 1. The Morgan fingerprint density at radius 3 is 2.41 bits per heavy atom. The van der Waals surface area contributed by atoms with Gasteiger partial charge >= 0.3 is 11.9 Å². The van der Waals surface area contributed by atoms with Gasteiger partial charge in [-0.2, -0.15) is 5.10 Å². The number of benzene rings is 2. The van der Waals surface area contributed by atoms with E-state index in [1.165, 1.54) is 30.0 Å². The van der Waals surface area contributed by atoms with Crippen molar-refractivity contribution in [2.24, 2.45) is 7.05 Å². The number of esters is 2. The van der Waals surface area contributed by atoms with Gasteiger partial charge in [0.1, 0.15) is 11.5 Å². The summed E-state index contributed by atoms with van der Waals surface area (Å²) >= 11 is 0. The Bertz CT molecular complexity index is 1690. The monoisotopic (exact) mass is 557 g/mol. The molecule has 2 aromatic carbocycles. The molecule has 0 saturated heterocycles. The summed E-state index contributed by atoms with van der Waals surface area (Å²) in [6, 6.07) is 18.5. The predicted molar refractivity (Wildman–Crippen MR) is 150 cm³/mol. The molecule has 0 saturated carbocycles. The predicted octanol–water partition coefficient (Wildman–Crippen LogP) is 4.40. The van der Waals surface area contributed by atoms with Crippen molar-refractivity contribution >= 4 is 29.3 Å². The van der Waals surface area contributed by atoms with Gasteiger partial charge in [0.2, 0.25) is 0 Å². The van der Waals surface area contributed by atoms with Gasteiger partial charge < -0.3 is 19.4 Å².